The fraction of sp³-hybridized carbons (Fsp3) is 0.167. The highest BCUT2D eigenvalue weighted by atomic mass is 16.4. The minimum Gasteiger partial charge on any atom is -0.481 e. The third-order valence-corrected chi connectivity index (χ3v) is 3.68. The van der Waals surface area contributed by atoms with Gasteiger partial charge in [0.2, 0.25) is 0 Å². The molecule has 0 amide bonds. The zero-order chi connectivity index (χ0) is 14.7. The highest BCUT2D eigenvalue weighted by Gasteiger charge is 2.06. The van der Waals surface area contributed by atoms with Crippen LogP contribution in [0.15, 0.2) is 54.6 Å². The third-order valence-electron chi connectivity index (χ3n) is 3.68. The second kappa shape index (κ2) is 5.94. The molecule has 0 aliphatic heterocycles. The van der Waals surface area contributed by atoms with Gasteiger partial charge in [-0.3, -0.25) is 4.79 Å². The van der Waals surface area contributed by atoms with Crippen molar-refractivity contribution in [1.82, 2.24) is 5.32 Å². The molecule has 0 saturated carbocycles. The molecule has 3 nitrogen and oxygen atoms in total. The van der Waals surface area contributed by atoms with Crippen molar-refractivity contribution in [2.24, 2.45) is 0 Å². The molecule has 0 heterocycles. The van der Waals surface area contributed by atoms with E-state index in [-0.39, 0.29) is 6.42 Å². The van der Waals surface area contributed by atoms with E-state index in [4.69, 9.17) is 5.11 Å². The number of carbonyl (C=O) groups is 1. The van der Waals surface area contributed by atoms with Gasteiger partial charge in [-0.2, -0.15) is 0 Å². The van der Waals surface area contributed by atoms with E-state index in [9.17, 15) is 4.79 Å². The fourth-order valence-electron chi connectivity index (χ4n) is 2.70. The van der Waals surface area contributed by atoms with E-state index >= 15 is 0 Å². The first-order chi connectivity index (χ1) is 10.3. The van der Waals surface area contributed by atoms with Gasteiger partial charge in [0.25, 0.3) is 0 Å². The lowest BCUT2D eigenvalue weighted by Gasteiger charge is -2.11. The van der Waals surface area contributed by atoms with E-state index in [0.717, 1.165) is 0 Å². The van der Waals surface area contributed by atoms with Crippen LogP contribution < -0.4 is 5.32 Å². The predicted molar refractivity (Wildman–Crippen MR) is 85.4 cm³/mol. The first-order valence-corrected chi connectivity index (χ1v) is 7.07. The largest absolute Gasteiger partial charge is 0.481 e. The molecule has 0 aromatic heterocycles. The summed E-state index contributed by atoms with van der Waals surface area (Å²) in [5.41, 5.74) is 1.20. The van der Waals surface area contributed by atoms with Crippen molar-refractivity contribution in [3.63, 3.8) is 0 Å². The molecule has 106 valence electrons. The summed E-state index contributed by atoms with van der Waals surface area (Å²) in [5.74, 6) is -0.772. The zero-order valence-corrected chi connectivity index (χ0v) is 11.7. The Morgan fingerprint density at radius 3 is 2.38 bits per heavy atom. The van der Waals surface area contributed by atoms with Gasteiger partial charge in [-0.1, -0.05) is 48.5 Å². The average molecular weight is 279 g/mol. The summed E-state index contributed by atoms with van der Waals surface area (Å²) in [7, 11) is 0. The van der Waals surface area contributed by atoms with Crippen LogP contribution in [0.4, 0.5) is 0 Å². The molecule has 3 aromatic rings. The molecular formula is C18H17NO2. The Labute approximate surface area is 123 Å². The van der Waals surface area contributed by atoms with Crippen molar-refractivity contribution in [1.29, 1.82) is 0 Å². The molecule has 3 rings (SSSR count). The van der Waals surface area contributed by atoms with Crippen molar-refractivity contribution in [2.45, 2.75) is 13.0 Å². The standard InChI is InChI=1S/C18H17NO2/c20-18(21)9-10-19-12-14-11-13-5-1-2-6-15(13)17-8-4-3-7-16(14)17/h1-8,11,19H,9-10,12H2,(H,20,21). The Balaban J connectivity index is 1.98. The van der Waals surface area contributed by atoms with Crippen LogP contribution in [0.25, 0.3) is 21.5 Å². The van der Waals surface area contributed by atoms with Crippen LogP contribution in [0, 0.1) is 0 Å². The number of rotatable bonds is 5. The Kier molecular flexibility index (Phi) is 3.84. The van der Waals surface area contributed by atoms with Crippen molar-refractivity contribution < 1.29 is 9.90 Å². The summed E-state index contributed by atoms with van der Waals surface area (Å²) in [5, 5.41) is 16.8. The molecular weight excluding hydrogens is 262 g/mol. The fourth-order valence-corrected chi connectivity index (χ4v) is 2.70. The Bertz CT molecular complexity index is 795. The van der Waals surface area contributed by atoms with Crippen molar-refractivity contribution >= 4 is 27.5 Å². The summed E-state index contributed by atoms with van der Waals surface area (Å²) in [6.07, 6.45) is 0.144. The van der Waals surface area contributed by atoms with Crippen LogP contribution in [-0.4, -0.2) is 17.6 Å². The number of nitrogens with one attached hydrogen (secondary N) is 1. The maximum atomic E-state index is 10.6. The van der Waals surface area contributed by atoms with Crippen LogP contribution in [0.5, 0.6) is 0 Å². The molecule has 0 unspecified atom stereocenters. The van der Waals surface area contributed by atoms with Crippen molar-refractivity contribution in [2.75, 3.05) is 6.54 Å². The number of carboxylic acid groups (broad SMARTS) is 1. The van der Waals surface area contributed by atoms with Gasteiger partial charge in [0.15, 0.2) is 0 Å². The van der Waals surface area contributed by atoms with E-state index in [1.165, 1.54) is 27.1 Å². The van der Waals surface area contributed by atoms with Crippen molar-refractivity contribution in [3.05, 3.63) is 60.2 Å². The summed E-state index contributed by atoms with van der Waals surface area (Å²) in [6, 6.07) is 18.9. The molecule has 2 N–H and O–H groups in total. The number of benzene rings is 3. The topological polar surface area (TPSA) is 49.3 Å². The quantitative estimate of drug-likeness (QED) is 0.554. The molecule has 3 aromatic carbocycles. The normalized spacial score (nSPS) is 11.0. The molecule has 0 saturated heterocycles. The van der Waals surface area contributed by atoms with Crippen LogP contribution in [0.1, 0.15) is 12.0 Å². The monoisotopic (exact) mass is 279 g/mol. The molecule has 0 bridgehead atoms. The second-order valence-electron chi connectivity index (χ2n) is 5.12. The van der Waals surface area contributed by atoms with E-state index in [0.29, 0.717) is 13.1 Å². The minimum absolute atomic E-state index is 0.144. The predicted octanol–water partition coefficient (Wildman–Crippen LogP) is 3.56. The molecule has 0 radical (unpaired) electrons. The molecule has 0 aliphatic carbocycles. The van der Waals surface area contributed by atoms with Crippen LogP contribution in [0.3, 0.4) is 0 Å². The SMILES string of the molecule is O=C(O)CCNCc1cc2ccccc2c2ccccc12. The van der Waals surface area contributed by atoms with Gasteiger partial charge in [-0.15, -0.1) is 0 Å². The lowest BCUT2D eigenvalue weighted by Crippen LogP contribution is -2.17. The van der Waals surface area contributed by atoms with Gasteiger partial charge >= 0.3 is 5.97 Å². The van der Waals surface area contributed by atoms with Gasteiger partial charge in [0.1, 0.15) is 0 Å². The number of hydrogen-bond donors (Lipinski definition) is 2. The number of hydrogen-bond acceptors (Lipinski definition) is 2. The first kappa shape index (κ1) is 13.6. The van der Waals surface area contributed by atoms with Crippen LogP contribution >= 0.6 is 0 Å². The number of carboxylic acids is 1. The smallest absolute Gasteiger partial charge is 0.304 e. The maximum Gasteiger partial charge on any atom is 0.304 e. The summed E-state index contributed by atoms with van der Waals surface area (Å²) < 4.78 is 0. The van der Waals surface area contributed by atoms with Gasteiger partial charge in [0, 0.05) is 13.1 Å². The van der Waals surface area contributed by atoms with E-state index in [1.54, 1.807) is 0 Å². The maximum absolute atomic E-state index is 10.6. The van der Waals surface area contributed by atoms with E-state index in [1.807, 2.05) is 12.1 Å². The Morgan fingerprint density at radius 1 is 0.952 bits per heavy atom. The van der Waals surface area contributed by atoms with Crippen molar-refractivity contribution in [3.8, 4) is 0 Å². The number of aliphatic carboxylic acids is 1. The summed E-state index contributed by atoms with van der Waals surface area (Å²) >= 11 is 0. The summed E-state index contributed by atoms with van der Waals surface area (Å²) in [4.78, 5) is 10.6. The van der Waals surface area contributed by atoms with Gasteiger partial charge in [-0.05, 0) is 33.2 Å². The highest BCUT2D eigenvalue weighted by molar-refractivity contribution is 6.08. The first-order valence-electron chi connectivity index (χ1n) is 7.07. The third kappa shape index (κ3) is 2.88. The second-order valence-corrected chi connectivity index (χ2v) is 5.12. The van der Waals surface area contributed by atoms with E-state index in [2.05, 4.69) is 47.8 Å². The molecule has 0 atom stereocenters. The Hall–Kier alpha value is -2.39. The zero-order valence-electron chi connectivity index (χ0n) is 11.7. The minimum atomic E-state index is -0.772. The highest BCUT2D eigenvalue weighted by Crippen LogP contribution is 2.28. The van der Waals surface area contributed by atoms with Gasteiger partial charge in [-0.25, -0.2) is 0 Å². The molecule has 0 fully saturated rings. The Morgan fingerprint density at radius 2 is 1.62 bits per heavy atom. The molecule has 3 heteroatoms. The molecule has 0 aliphatic rings. The van der Waals surface area contributed by atoms with Crippen LogP contribution in [-0.2, 0) is 11.3 Å². The molecule has 0 spiro atoms. The van der Waals surface area contributed by atoms with Gasteiger partial charge in [0.05, 0.1) is 6.42 Å². The van der Waals surface area contributed by atoms with Gasteiger partial charge < -0.3 is 10.4 Å². The lowest BCUT2D eigenvalue weighted by atomic mass is 9.97. The van der Waals surface area contributed by atoms with Crippen LogP contribution in [0.2, 0.25) is 0 Å². The summed E-state index contributed by atoms with van der Waals surface area (Å²) in [6.45, 7) is 1.16. The number of fused-ring (bicyclic) bond motifs is 3. The average Bonchev–Trinajstić information content (AvgIpc) is 2.51. The molecule has 21 heavy (non-hydrogen) atoms. The van der Waals surface area contributed by atoms with E-state index < -0.39 is 5.97 Å². The lowest BCUT2D eigenvalue weighted by molar-refractivity contribution is -0.136.